The van der Waals surface area contributed by atoms with E-state index in [0.717, 1.165) is 6.42 Å². The van der Waals surface area contributed by atoms with Crippen LogP contribution in [-0.2, 0) is 9.47 Å². The van der Waals surface area contributed by atoms with Gasteiger partial charge < -0.3 is 15.2 Å². The van der Waals surface area contributed by atoms with Crippen molar-refractivity contribution in [3.8, 4) is 0 Å². The number of hydrogen-bond donors (Lipinski definition) is 1. The van der Waals surface area contributed by atoms with E-state index in [2.05, 4.69) is 32.9 Å². The van der Waals surface area contributed by atoms with E-state index in [-0.39, 0.29) is 17.7 Å². The summed E-state index contributed by atoms with van der Waals surface area (Å²) in [7, 11) is 1.73. The summed E-state index contributed by atoms with van der Waals surface area (Å²) in [5, 5.41) is 0. The van der Waals surface area contributed by atoms with Gasteiger partial charge in [0.1, 0.15) is 0 Å². The first-order valence-electron chi connectivity index (χ1n) is 6.85. The van der Waals surface area contributed by atoms with Crippen molar-refractivity contribution in [2.45, 2.75) is 51.9 Å². The highest BCUT2D eigenvalue weighted by Crippen LogP contribution is 2.25. The lowest BCUT2D eigenvalue weighted by atomic mass is 9.99. The lowest BCUT2D eigenvalue weighted by Crippen LogP contribution is -2.30. The fraction of sp³-hybridized carbons (Fsp3) is 0.625. The molecule has 108 valence electrons. The van der Waals surface area contributed by atoms with Gasteiger partial charge in [0, 0.05) is 13.2 Å². The maximum Gasteiger partial charge on any atom is 0.0975 e. The summed E-state index contributed by atoms with van der Waals surface area (Å²) in [5.41, 5.74) is 8.30. The standard InChI is InChI=1S/C16H27NO2/c1-12-8-6-7-9-14(12)15(13(2)17)19-11-10-16(3,4)18-5/h6-9,13,15H,10-11,17H2,1-5H3. The number of aryl methyl sites for hydroxylation is 1. The summed E-state index contributed by atoms with van der Waals surface area (Å²) < 4.78 is 11.4. The van der Waals surface area contributed by atoms with Crippen LogP contribution in [0.4, 0.5) is 0 Å². The molecule has 0 aliphatic rings. The fourth-order valence-corrected chi connectivity index (χ4v) is 1.96. The third-order valence-corrected chi connectivity index (χ3v) is 3.53. The molecular formula is C16H27NO2. The summed E-state index contributed by atoms with van der Waals surface area (Å²) >= 11 is 0. The summed E-state index contributed by atoms with van der Waals surface area (Å²) in [6, 6.07) is 8.20. The maximum absolute atomic E-state index is 6.06. The van der Waals surface area contributed by atoms with E-state index in [1.54, 1.807) is 7.11 Å². The van der Waals surface area contributed by atoms with Crippen molar-refractivity contribution in [3.63, 3.8) is 0 Å². The lowest BCUT2D eigenvalue weighted by Gasteiger charge is -2.27. The molecule has 0 saturated heterocycles. The molecule has 1 aromatic rings. The average Bonchev–Trinajstić information content (AvgIpc) is 2.35. The lowest BCUT2D eigenvalue weighted by molar-refractivity contribution is -0.0318. The van der Waals surface area contributed by atoms with Crippen molar-refractivity contribution in [2.24, 2.45) is 5.73 Å². The Bertz CT molecular complexity index is 388. The van der Waals surface area contributed by atoms with Crippen molar-refractivity contribution >= 4 is 0 Å². The molecule has 1 aromatic carbocycles. The molecule has 0 heterocycles. The molecule has 3 nitrogen and oxygen atoms in total. The van der Waals surface area contributed by atoms with Gasteiger partial charge in [-0.05, 0) is 45.2 Å². The Kier molecular flexibility index (Phi) is 5.98. The van der Waals surface area contributed by atoms with E-state index >= 15 is 0 Å². The van der Waals surface area contributed by atoms with Gasteiger partial charge in [0.15, 0.2) is 0 Å². The SMILES string of the molecule is COC(C)(C)CCOC(c1ccccc1C)C(C)N. The third-order valence-electron chi connectivity index (χ3n) is 3.53. The Hall–Kier alpha value is -0.900. The van der Waals surface area contributed by atoms with Crippen LogP contribution in [0.2, 0.25) is 0 Å². The van der Waals surface area contributed by atoms with Crippen molar-refractivity contribution in [1.29, 1.82) is 0 Å². The Morgan fingerprint density at radius 3 is 2.42 bits per heavy atom. The van der Waals surface area contributed by atoms with Gasteiger partial charge in [-0.3, -0.25) is 0 Å². The predicted molar refractivity (Wildman–Crippen MR) is 79.2 cm³/mol. The van der Waals surface area contributed by atoms with Crippen LogP contribution in [0.25, 0.3) is 0 Å². The monoisotopic (exact) mass is 265 g/mol. The van der Waals surface area contributed by atoms with E-state index in [1.807, 2.05) is 19.1 Å². The van der Waals surface area contributed by atoms with Gasteiger partial charge in [-0.1, -0.05) is 24.3 Å². The molecule has 2 unspecified atom stereocenters. The van der Waals surface area contributed by atoms with E-state index in [4.69, 9.17) is 15.2 Å². The van der Waals surface area contributed by atoms with Gasteiger partial charge in [-0.2, -0.15) is 0 Å². The molecule has 1 rings (SSSR count). The number of ether oxygens (including phenoxy) is 2. The van der Waals surface area contributed by atoms with Gasteiger partial charge in [-0.15, -0.1) is 0 Å². The zero-order valence-electron chi connectivity index (χ0n) is 12.8. The topological polar surface area (TPSA) is 44.5 Å². The molecule has 2 N–H and O–H groups in total. The second-order valence-corrected chi connectivity index (χ2v) is 5.72. The van der Waals surface area contributed by atoms with Gasteiger partial charge in [0.05, 0.1) is 18.3 Å². The summed E-state index contributed by atoms with van der Waals surface area (Å²) in [4.78, 5) is 0. The van der Waals surface area contributed by atoms with Crippen LogP contribution in [-0.4, -0.2) is 25.4 Å². The number of hydrogen-bond acceptors (Lipinski definition) is 3. The van der Waals surface area contributed by atoms with E-state index in [9.17, 15) is 0 Å². The average molecular weight is 265 g/mol. The largest absolute Gasteiger partial charge is 0.379 e. The second kappa shape index (κ2) is 7.04. The second-order valence-electron chi connectivity index (χ2n) is 5.72. The minimum Gasteiger partial charge on any atom is -0.379 e. The summed E-state index contributed by atoms with van der Waals surface area (Å²) in [5.74, 6) is 0. The zero-order chi connectivity index (χ0) is 14.5. The molecule has 0 radical (unpaired) electrons. The molecule has 0 aliphatic carbocycles. The smallest absolute Gasteiger partial charge is 0.0975 e. The quantitative estimate of drug-likeness (QED) is 0.823. The molecule has 0 aromatic heterocycles. The van der Waals surface area contributed by atoms with E-state index in [1.165, 1.54) is 11.1 Å². The van der Waals surface area contributed by atoms with Crippen molar-refractivity contribution in [2.75, 3.05) is 13.7 Å². The molecule has 0 bridgehead atoms. The Balaban J connectivity index is 2.68. The summed E-state index contributed by atoms with van der Waals surface area (Å²) in [6.45, 7) is 8.84. The molecule has 0 amide bonds. The number of benzene rings is 1. The van der Waals surface area contributed by atoms with Gasteiger partial charge >= 0.3 is 0 Å². The first kappa shape index (κ1) is 16.2. The Morgan fingerprint density at radius 2 is 1.89 bits per heavy atom. The van der Waals surface area contributed by atoms with Gasteiger partial charge in [0.25, 0.3) is 0 Å². The van der Waals surface area contributed by atoms with Crippen molar-refractivity contribution in [3.05, 3.63) is 35.4 Å². The first-order chi connectivity index (χ1) is 8.87. The molecule has 3 heteroatoms. The third kappa shape index (κ3) is 4.94. The first-order valence-corrected chi connectivity index (χ1v) is 6.85. The highest BCUT2D eigenvalue weighted by Gasteiger charge is 2.21. The highest BCUT2D eigenvalue weighted by atomic mass is 16.5. The Morgan fingerprint density at radius 1 is 1.26 bits per heavy atom. The molecular weight excluding hydrogens is 238 g/mol. The summed E-state index contributed by atoms with van der Waals surface area (Å²) in [6.07, 6.45) is 0.785. The predicted octanol–water partition coefficient (Wildman–Crippen LogP) is 3.22. The fourth-order valence-electron chi connectivity index (χ4n) is 1.96. The Labute approximate surface area is 117 Å². The highest BCUT2D eigenvalue weighted by molar-refractivity contribution is 5.28. The zero-order valence-corrected chi connectivity index (χ0v) is 12.8. The van der Waals surface area contributed by atoms with Gasteiger partial charge in [-0.25, -0.2) is 0 Å². The van der Waals surface area contributed by atoms with Crippen LogP contribution in [0.5, 0.6) is 0 Å². The molecule has 19 heavy (non-hydrogen) atoms. The van der Waals surface area contributed by atoms with Crippen LogP contribution in [0, 0.1) is 6.92 Å². The molecule has 0 spiro atoms. The van der Waals surface area contributed by atoms with Crippen LogP contribution in [0.1, 0.15) is 44.4 Å². The van der Waals surface area contributed by atoms with Crippen molar-refractivity contribution in [1.82, 2.24) is 0 Å². The van der Waals surface area contributed by atoms with Crippen LogP contribution < -0.4 is 5.73 Å². The van der Waals surface area contributed by atoms with Crippen LogP contribution >= 0.6 is 0 Å². The molecule has 2 atom stereocenters. The van der Waals surface area contributed by atoms with E-state index < -0.39 is 0 Å². The molecule has 0 saturated carbocycles. The number of nitrogens with two attached hydrogens (primary N) is 1. The van der Waals surface area contributed by atoms with Crippen LogP contribution in [0.15, 0.2) is 24.3 Å². The molecule has 0 aliphatic heterocycles. The molecule has 0 fully saturated rings. The van der Waals surface area contributed by atoms with Crippen molar-refractivity contribution < 1.29 is 9.47 Å². The maximum atomic E-state index is 6.06. The van der Waals surface area contributed by atoms with E-state index in [0.29, 0.717) is 6.61 Å². The minimum absolute atomic E-state index is 0.0354. The number of rotatable bonds is 7. The minimum atomic E-state index is -0.159. The van der Waals surface area contributed by atoms with Crippen LogP contribution in [0.3, 0.4) is 0 Å². The number of methoxy groups -OCH3 is 1. The van der Waals surface area contributed by atoms with Gasteiger partial charge in [0.2, 0.25) is 0 Å². The normalized spacial score (nSPS) is 15.3.